The normalized spacial score (nSPS) is 14.2. The molecule has 0 atom stereocenters. The number of halogens is 3. The van der Waals surface area contributed by atoms with Gasteiger partial charge in [-0.15, -0.1) is 15.6 Å². The smallest absolute Gasteiger partial charge is 0.430 e. The quantitative estimate of drug-likeness (QED) is 0.364. The highest BCUT2D eigenvalue weighted by Crippen LogP contribution is 2.35. The van der Waals surface area contributed by atoms with Gasteiger partial charge < -0.3 is 10.1 Å². The molecule has 0 bridgehead atoms. The lowest BCUT2D eigenvalue weighted by atomic mass is 10.1. The molecule has 0 aliphatic carbocycles. The molecule has 2 aromatic carbocycles. The molecule has 8 nitrogen and oxygen atoms in total. The van der Waals surface area contributed by atoms with Gasteiger partial charge in [-0.3, -0.25) is 4.90 Å². The van der Waals surface area contributed by atoms with Crippen LogP contribution in [0.3, 0.4) is 0 Å². The van der Waals surface area contributed by atoms with Crippen molar-refractivity contribution < 1.29 is 26.7 Å². The first-order chi connectivity index (χ1) is 17.4. The first-order valence-electron chi connectivity index (χ1n) is 11.3. The van der Waals surface area contributed by atoms with Gasteiger partial charge >= 0.3 is 6.09 Å². The zero-order valence-electron chi connectivity index (χ0n) is 20.3. The van der Waals surface area contributed by atoms with E-state index in [-0.39, 0.29) is 22.2 Å². The SMILES string of the molecule is CC(C)(C)OC(=O)N(c1cscn1)S(=O)(=O)c1cc(Cl)c(Nc2c(F)cccc2CN2CCC2)cc1F. The van der Waals surface area contributed by atoms with Crippen molar-refractivity contribution in [2.45, 2.75) is 44.2 Å². The van der Waals surface area contributed by atoms with E-state index in [1.165, 1.54) is 17.0 Å². The van der Waals surface area contributed by atoms with E-state index in [1.54, 1.807) is 32.9 Å². The Labute approximate surface area is 222 Å². The van der Waals surface area contributed by atoms with Crippen LogP contribution in [-0.2, 0) is 21.3 Å². The van der Waals surface area contributed by atoms with E-state index in [1.807, 2.05) is 0 Å². The highest BCUT2D eigenvalue weighted by atomic mass is 35.5. The van der Waals surface area contributed by atoms with Crippen LogP contribution in [0.15, 0.2) is 46.1 Å². The van der Waals surface area contributed by atoms with Gasteiger partial charge in [-0.25, -0.2) is 27.0 Å². The van der Waals surface area contributed by atoms with Gasteiger partial charge in [0, 0.05) is 18.0 Å². The van der Waals surface area contributed by atoms with Crippen LogP contribution < -0.4 is 9.62 Å². The summed E-state index contributed by atoms with van der Waals surface area (Å²) in [5, 5.41) is 3.93. The van der Waals surface area contributed by atoms with Crippen molar-refractivity contribution >= 4 is 56.2 Å². The van der Waals surface area contributed by atoms with Crippen LogP contribution in [0.25, 0.3) is 0 Å². The molecule has 1 amide bonds. The number of rotatable bonds is 7. The number of sulfonamides is 1. The number of nitrogens with one attached hydrogen (secondary N) is 1. The van der Waals surface area contributed by atoms with Crippen molar-refractivity contribution in [2.24, 2.45) is 0 Å². The number of amides is 1. The van der Waals surface area contributed by atoms with Crippen LogP contribution in [0.2, 0.25) is 5.02 Å². The maximum Gasteiger partial charge on any atom is 0.430 e. The van der Waals surface area contributed by atoms with E-state index in [9.17, 15) is 17.6 Å². The van der Waals surface area contributed by atoms with Crippen LogP contribution in [0.5, 0.6) is 0 Å². The standard InChI is InChI=1S/C24H25ClF2N4O4S2/c1-24(2,3)35-23(32)31(21-13-36-14-28-21)37(33,34)20-10-16(25)19(11-18(20)27)29-22-15(6-4-7-17(22)26)12-30-8-5-9-30/h4,6-7,10-11,13-14,29H,5,8-9,12H2,1-3H3. The summed E-state index contributed by atoms with van der Waals surface area (Å²) in [7, 11) is -4.83. The number of benzene rings is 2. The van der Waals surface area contributed by atoms with E-state index >= 15 is 4.39 Å². The number of anilines is 3. The number of likely N-dealkylation sites (tertiary alicyclic amines) is 1. The van der Waals surface area contributed by atoms with Gasteiger partial charge in [0.1, 0.15) is 22.1 Å². The molecule has 2 heterocycles. The first kappa shape index (κ1) is 27.2. The van der Waals surface area contributed by atoms with Crippen LogP contribution in [-0.4, -0.2) is 43.1 Å². The number of ether oxygens (including phenoxy) is 1. The minimum atomic E-state index is -4.83. The second-order valence-electron chi connectivity index (χ2n) is 9.39. The van der Waals surface area contributed by atoms with Crippen molar-refractivity contribution in [1.29, 1.82) is 0 Å². The van der Waals surface area contributed by atoms with Gasteiger partial charge in [0.25, 0.3) is 10.0 Å². The van der Waals surface area contributed by atoms with E-state index < -0.39 is 38.2 Å². The Morgan fingerprint density at radius 1 is 1.24 bits per heavy atom. The minimum absolute atomic E-state index is 0.0365. The molecule has 0 unspecified atom stereocenters. The molecule has 13 heteroatoms. The lowest BCUT2D eigenvalue weighted by Gasteiger charge is -2.31. The monoisotopic (exact) mass is 570 g/mol. The number of carbonyl (C=O) groups excluding carboxylic acids is 1. The lowest BCUT2D eigenvalue weighted by molar-refractivity contribution is 0.0608. The summed E-state index contributed by atoms with van der Waals surface area (Å²) in [5.41, 5.74) is 1.02. The van der Waals surface area contributed by atoms with Gasteiger partial charge in [-0.05, 0) is 58.0 Å². The zero-order valence-corrected chi connectivity index (χ0v) is 22.7. The molecule has 3 aromatic rings. The first-order valence-corrected chi connectivity index (χ1v) is 14.1. The summed E-state index contributed by atoms with van der Waals surface area (Å²) in [6.45, 7) is 6.97. The van der Waals surface area contributed by atoms with E-state index in [0.29, 0.717) is 16.4 Å². The molecule has 0 radical (unpaired) electrons. The third-order valence-electron chi connectivity index (χ3n) is 5.43. The molecule has 0 saturated carbocycles. The molecule has 198 valence electrons. The Hall–Kier alpha value is -2.80. The van der Waals surface area contributed by atoms with Gasteiger partial charge in [0.05, 0.1) is 21.9 Å². The summed E-state index contributed by atoms with van der Waals surface area (Å²) in [6, 6.07) is 6.31. The predicted octanol–water partition coefficient (Wildman–Crippen LogP) is 6.15. The number of carbonyl (C=O) groups is 1. The average Bonchev–Trinajstić information content (AvgIpc) is 3.27. The van der Waals surface area contributed by atoms with Gasteiger partial charge in [-0.2, -0.15) is 0 Å². The molecule has 1 N–H and O–H groups in total. The second-order valence-corrected chi connectivity index (χ2v) is 12.3. The van der Waals surface area contributed by atoms with Crippen LogP contribution >= 0.6 is 22.9 Å². The number of hydrogen-bond donors (Lipinski definition) is 1. The van der Waals surface area contributed by atoms with Crippen molar-refractivity contribution in [2.75, 3.05) is 22.7 Å². The third-order valence-corrected chi connectivity index (χ3v) is 8.00. The molecule has 37 heavy (non-hydrogen) atoms. The molecule has 0 spiro atoms. The van der Waals surface area contributed by atoms with Crippen LogP contribution in [0.1, 0.15) is 32.8 Å². The van der Waals surface area contributed by atoms with Crippen LogP contribution in [0, 0.1) is 11.6 Å². The summed E-state index contributed by atoms with van der Waals surface area (Å²) in [6.07, 6.45) is -0.190. The van der Waals surface area contributed by atoms with Crippen molar-refractivity contribution in [3.63, 3.8) is 0 Å². The Balaban J connectivity index is 1.70. The molecular formula is C24H25ClF2N4O4S2. The largest absolute Gasteiger partial charge is 0.443 e. The fourth-order valence-corrected chi connectivity index (χ4v) is 5.81. The van der Waals surface area contributed by atoms with Crippen molar-refractivity contribution in [1.82, 2.24) is 9.88 Å². The Morgan fingerprint density at radius 2 is 1.97 bits per heavy atom. The topological polar surface area (TPSA) is 91.8 Å². The van der Waals surface area contributed by atoms with Crippen molar-refractivity contribution in [3.05, 3.63) is 63.4 Å². The fourth-order valence-electron chi connectivity index (χ4n) is 3.60. The highest BCUT2D eigenvalue weighted by Gasteiger charge is 2.38. The summed E-state index contributed by atoms with van der Waals surface area (Å²) in [5.74, 6) is -2.01. The molecule has 1 fully saturated rings. The fraction of sp³-hybridized carbons (Fsp3) is 0.333. The number of hydrogen-bond acceptors (Lipinski definition) is 8. The number of aromatic nitrogens is 1. The number of para-hydroxylation sites is 1. The minimum Gasteiger partial charge on any atom is -0.443 e. The Bertz CT molecular complexity index is 1410. The van der Waals surface area contributed by atoms with Crippen molar-refractivity contribution in [3.8, 4) is 0 Å². The number of thiazole rings is 1. The maximum absolute atomic E-state index is 15.3. The Kier molecular flexibility index (Phi) is 7.75. The predicted molar refractivity (Wildman–Crippen MR) is 139 cm³/mol. The highest BCUT2D eigenvalue weighted by molar-refractivity contribution is 7.93. The van der Waals surface area contributed by atoms with E-state index in [0.717, 1.165) is 43.0 Å². The molecule has 1 aliphatic rings. The van der Waals surface area contributed by atoms with Gasteiger partial charge in [-0.1, -0.05) is 23.7 Å². The Morgan fingerprint density at radius 3 is 2.57 bits per heavy atom. The van der Waals surface area contributed by atoms with E-state index in [2.05, 4.69) is 15.2 Å². The van der Waals surface area contributed by atoms with E-state index in [4.69, 9.17) is 16.3 Å². The molecule has 4 rings (SSSR count). The van der Waals surface area contributed by atoms with Gasteiger partial charge in [0.15, 0.2) is 5.82 Å². The van der Waals surface area contributed by atoms with Crippen LogP contribution in [0.4, 0.5) is 30.8 Å². The summed E-state index contributed by atoms with van der Waals surface area (Å²) in [4.78, 5) is 18.0. The number of nitrogens with zero attached hydrogens (tertiary/aromatic N) is 3. The molecule has 1 aliphatic heterocycles. The lowest BCUT2D eigenvalue weighted by Crippen LogP contribution is -2.41. The summed E-state index contributed by atoms with van der Waals surface area (Å²) < 4.78 is 62.5. The molecule has 1 aromatic heterocycles. The van der Waals surface area contributed by atoms with Gasteiger partial charge in [0.2, 0.25) is 0 Å². The zero-order chi connectivity index (χ0) is 27.0. The third kappa shape index (κ3) is 6.03. The average molecular weight is 571 g/mol. The molecule has 1 saturated heterocycles. The molecular weight excluding hydrogens is 546 g/mol. The maximum atomic E-state index is 15.3. The summed E-state index contributed by atoms with van der Waals surface area (Å²) >= 11 is 7.39. The second kappa shape index (κ2) is 10.5.